The molecule has 2 aromatic rings. The van der Waals surface area contributed by atoms with Crippen molar-refractivity contribution in [2.24, 2.45) is 0 Å². The third-order valence-corrected chi connectivity index (χ3v) is 3.78. The van der Waals surface area contributed by atoms with Crippen LogP contribution >= 0.6 is 11.3 Å². The highest BCUT2D eigenvalue weighted by molar-refractivity contribution is 7.11. The normalized spacial score (nSPS) is 10.5. The summed E-state index contributed by atoms with van der Waals surface area (Å²) in [6, 6.07) is 8.80. The van der Waals surface area contributed by atoms with Crippen LogP contribution in [-0.4, -0.2) is 0 Å². The first-order valence-corrected chi connectivity index (χ1v) is 6.47. The predicted molar refractivity (Wildman–Crippen MR) is 69.2 cm³/mol. The van der Waals surface area contributed by atoms with E-state index in [0.29, 0.717) is 6.61 Å². The van der Waals surface area contributed by atoms with Gasteiger partial charge in [-0.05, 0) is 49.2 Å². The molecule has 1 aromatic heterocycles. The van der Waals surface area contributed by atoms with Crippen LogP contribution in [0.25, 0.3) is 0 Å². The molecule has 0 N–H and O–H groups in total. The van der Waals surface area contributed by atoms with Crippen molar-refractivity contribution < 1.29 is 9.13 Å². The third-order valence-electron chi connectivity index (χ3n) is 2.57. The monoisotopic (exact) mass is 250 g/mol. The van der Waals surface area contributed by atoms with Gasteiger partial charge in [-0.25, -0.2) is 4.39 Å². The number of hydrogen-bond donors (Lipinski definition) is 0. The lowest BCUT2D eigenvalue weighted by atomic mass is 10.2. The number of rotatable bonds is 4. The molecule has 0 aliphatic rings. The number of hydrogen-bond acceptors (Lipinski definition) is 2. The van der Waals surface area contributed by atoms with Crippen LogP contribution in [0.5, 0.6) is 5.75 Å². The van der Waals surface area contributed by atoms with Crippen LogP contribution in [0.15, 0.2) is 30.3 Å². The van der Waals surface area contributed by atoms with E-state index in [4.69, 9.17) is 4.74 Å². The van der Waals surface area contributed by atoms with E-state index in [-0.39, 0.29) is 5.82 Å². The number of ether oxygens (including phenoxy) is 1. The minimum Gasteiger partial charge on any atom is -0.488 e. The summed E-state index contributed by atoms with van der Waals surface area (Å²) in [6.45, 7) is 4.54. The lowest BCUT2D eigenvalue weighted by Crippen LogP contribution is -1.95. The molecule has 0 aliphatic heterocycles. The maximum Gasteiger partial charge on any atom is 0.123 e. The van der Waals surface area contributed by atoms with Crippen molar-refractivity contribution in [3.05, 3.63) is 51.5 Å². The number of halogens is 1. The summed E-state index contributed by atoms with van der Waals surface area (Å²) >= 11 is 1.76. The lowest BCUT2D eigenvalue weighted by molar-refractivity contribution is 0.307. The Balaban J connectivity index is 2.02. The highest BCUT2D eigenvalue weighted by Crippen LogP contribution is 2.22. The first-order valence-electron chi connectivity index (χ1n) is 5.65. The van der Waals surface area contributed by atoms with Crippen LogP contribution in [0, 0.1) is 12.7 Å². The Kier molecular flexibility index (Phi) is 3.79. The predicted octanol–water partition coefficient (Wildman–Crippen LogP) is 4.34. The summed E-state index contributed by atoms with van der Waals surface area (Å²) in [7, 11) is 0. The molecule has 0 amide bonds. The van der Waals surface area contributed by atoms with Crippen molar-refractivity contribution in [2.75, 3.05) is 0 Å². The van der Waals surface area contributed by atoms with Crippen molar-refractivity contribution in [3.8, 4) is 5.75 Å². The van der Waals surface area contributed by atoms with Crippen LogP contribution in [0.4, 0.5) is 4.39 Å². The number of aryl methyl sites for hydroxylation is 2. The molecule has 90 valence electrons. The van der Waals surface area contributed by atoms with E-state index in [9.17, 15) is 4.39 Å². The Morgan fingerprint density at radius 1 is 1.18 bits per heavy atom. The van der Waals surface area contributed by atoms with Gasteiger partial charge in [0, 0.05) is 9.75 Å². The van der Waals surface area contributed by atoms with Gasteiger partial charge >= 0.3 is 0 Å². The molecule has 0 aliphatic carbocycles. The van der Waals surface area contributed by atoms with E-state index in [2.05, 4.69) is 19.1 Å². The summed E-state index contributed by atoms with van der Waals surface area (Å²) in [5.41, 5.74) is 0.831. The molecule has 0 saturated carbocycles. The largest absolute Gasteiger partial charge is 0.488 e. The Morgan fingerprint density at radius 3 is 2.59 bits per heavy atom. The molecule has 3 heteroatoms. The average Bonchev–Trinajstić information content (AvgIpc) is 2.76. The fraction of sp³-hybridized carbons (Fsp3) is 0.286. The molecule has 1 nitrogen and oxygen atoms in total. The van der Waals surface area contributed by atoms with Crippen molar-refractivity contribution in [3.63, 3.8) is 0 Å². The van der Waals surface area contributed by atoms with Crippen molar-refractivity contribution in [2.45, 2.75) is 26.9 Å². The van der Waals surface area contributed by atoms with Crippen molar-refractivity contribution >= 4 is 11.3 Å². The Hall–Kier alpha value is -1.35. The summed E-state index contributed by atoms with van der Waals surface area (Å²) < 4.78 is 18.6. The Labute approximate surface area is 105 Å². The standard InChI is InChI=1S/C14H15FOS/c1-3-12-5-6-13(17-12)9-16-14-7-4-11(15)8-10(14)2/h4-8H,3,9H2,1-2H3. The third kappa shape index (κ3) is 3.07. The van der Waals surface area contributed by atoms with E-state index in [0.717, 1.165) is 17.7 Å². The van der Waals surface area contributed by atoms with Gasteiger partial charge < -0.3 is 4.74 Å². The van der Waals surface area contributed by atoms with Crippen LogP contribution in [0.1, 0.15) is 22.2 Å². The zero-order valence-electron chi connectivity index (χ0n) is 10.00. The molecule has 0 bridgehead atoms. The molecule has 2 rings (SSSR count). The molecule has 0 fully saturated rings. The molecule has 17 heavy (non-hydrogen) atoms. The van der Waals surface area contributed by atoms with Crippen LogP contribution in [0.3, 0.4) is 0 Å². The summed E-state index contributed by atoms with van der Waals surface area (Å²) in [5.74, 6) is 0.525. The lowest BCUT2D eigenvalue weighted by Gasteiger charge is -2.07. The van der Waals surface area contributed by atoms with Crippen LogP contribution < -0.4 is 4.74 Å². The van der Waals surface area contributed by atoms with E-state index < -0.39 is 0 Å². The highest BCUT2D eigenvalue weighted by atomic mass is 32.1. The van der Waals surface area contributed by atoms with Gasteiger partial charge in [-0.1, -0.05) is 6.92 Å². The quantitative estimate of drug-likeness (QED) is 0.784. The average molecular weight is 250 g/mol. The van der Waals surface area contributed by atoms with Crippen molar-refractivity contribution in [1.29, 1.82) is 0 Å². The van der Waals surface area contributed by atoms with Gasteiger partial charge in [0.25, 0.3) is 0 Å². The van der Waals surface area contributed by atoms with E-state index in [1.165, 1.54) is 21.9 Å². The van der Waals surface area contributed by atoms with E-state index in [1.807, 2.05) is 6.92 Å². The molecule has 1 aromatic carbocycles. The van der Waals surface area contributed by atoms with Crippen LogP contribution in [0.2, 0.25) is 0 Å². The van der Waals surface area contributed by atoms with Gasteiger partial charge in [0.05, 0.1) is 0 Å². The van der Waals surface area contributed by atoms with Gasteiger partial charge in [0.1, 0.15) is 18.2 Å². The van der Waals surface area contributed by atoms with Crippen LogP contribution in [-0.2, 0) is 13.0 Å². The number of benzene rings is 1. The zero-order chi connectivity index (χ0) is 12.3. The fourth-order valence-electron chi connectivity index (χ4n) is 1.61. The first kappa shape index (κ1) is 12.1. The molecule has 0 unspecified atom stereocenters. The first-order chi connectivity index (χ1) is 8.19. The SMILES string of the molecule is CCc1ccc(COc2ccc(F)cc2C)s1. The van der Waals surface area contributed by atoms with Gasteiger partial charge in [-0.2, -0.15) is 0 Å². The molecule has 0 atom stereocenters. The summed E-state index contributed by atoms with van der Waals surface area (Å²) in [5, 5.41) is 0. The molecule has 1 heterocycles. The smallest absolute Gasteiger partial charge is 0.123 e. The van der Waals surface area contributed by atoms with Gasteiger partial charge in [-0.3, -0.25) is 0 Å². The second-order valence-corrected chi connectivity index (χ2v) is 5.17. The second-order valence-electron chi connectivity index (χ2n) is 3.92. The van der Waals surface area contributed by atoms with Gasteiger partial charge in [-0.15, -0.1) is 11.3 Å². The van der Waals surface area contributed by atoms with Crippen molar-refractivity contribution in [1.82, 2.24) is 0 Å². The minimum atomic E-state index is -0.223. The molecule has 0 spiro atoms. The van der Waals surface area contributed by atoms with E-state index >= 15 is 0 Å². The molecule has 0 radical (unpaired) electrons. The summed E-state index contributed by atoms with van der Waals surface area (Å²) in [6.07, 6.45) is 1.06. The zero-order valence-corrected chi connectivity index (χ0v) is 10.8. The van der Waals surface area contributed by atoms with Gasteiger partial charge in [0.2, 0.25) is 0 Å². The Bertz CT molecular complexity index is 505. The van der Waals surface area contributed by atoms with E-state index in [1.54, 1.807) is 17.4 Å². The maximum absolute atomic E-state index is 12.9. The maximum atomic E-state index is 12.9. The fourth-order valence-corrected chi connectivity index (χ4v) is 2.48. The number of thiophene rings is 1. The minimum absolute atomic E-state index is 0.223. The topological polar surface area (TPSA) is 9.23 Å². The molecular formula is C14H15FOS. The molecular weight excluding hydrogens is 235 g/mol. The van der Waals surface area contributed by atoms with Gasteiger partial charge in [0.15, 0.2) is 0 Å². The second kappa shape index (κ2) is 5.32. The highest BCUT2D eigenvalue weighted by Gasteiger charge is 2.03. The Morgan fingerprint density at radius 2 is 1.94 bits per heavy atom. The summed E-state index contributed by atoms with van der Waals surface area (Å²) in [4.78, 5) is 2.56. The molecule has 0 saturated heterocycles.